The predicted octanol–water partition coefficient (Wildman–Crippen LogP) is 2.35. The number of rotatable bonds is 4. The molecule has 1 aliphatic heterocycles. The van der Waals surface area contributed by atoms with Crippen LogP contribution in [0.3, 0.4) is 0 Å². The molecule has 1 spiro atoms. The molecule has 0 unspecified atom stereocenters. The van der Waals surface area contributed by atoms with Gasteiger partial charge in [-0.15, -0.1) is 0 Å². The van der Waals surface area contributed by atoms with E-state index in [1.165, 1.54) is 0 Å². The van der Waals surface area contributed by atoms with E-state index in [9.17, 15) is 14.4 Å². The minimum Gasteiger partial charge on any atom is -0.376 e. The summed E-state index contributed by atoms with van der Waals surface area (Å²) in [6.07, 6.45) is 4.08. The Hall–Kier alpha value is -2.28. The van der Waals surface area contributed by atoms with E-state index >= 15 is 0 Å². The fourth-order valence-corrected chi connectivity index (χ4v) is 3.61. The molecule has 1 saturated carbocycles. The highest BCUT2D eigenvalue weighted by Crippen LogP contribution is 2.32. The molecule has 3 rings (SSSR count). The molecule has 0 radical (unpaired) electrons. The number of carbonyl (C=O) groups is 3. The molecule has 25 heavy (non-hydrogen) atoms. The minimum absolute atomic E-state index is 0.0630. The van der Waals surface area contributed by atoms with E-state index in [0.717, 1.165) is 35.5 Å². The first kappa shape index (κ1) is 17.5. The maximum absolute atomic E-state index is 12.6. The molecule has 2 aliphatic rings. The summed E-state index contributed by atoms with van der Waals surface area (Å²) in [5.41, 5.74) is 3.21. The topological polar surface area (TPSA) is 90.5 Å². The molecular formula is C17H21ClN4O3. The van der Waals surface area contributed by atoms with Crippen molar-refractivity contribution >= 4 is 35.1 Å². The zero-order valence-corrected chi connectivity index (χ0v) is 14.8. The van der Waals surface area contributed by atoms with Gasteiger partial charge in [0.05, 0.1) is 6.54 Å². The highest BCUT2D eigenvalue weighted by atomic mass is 35.5. The number of anilines is 1. The van der Waals surface area contributed by atoms with E-state index in [2.05, 4.69) is 16.1 Å². The predicted molar refractivity (Wildman–Crippen MR) is 94.0 cm³/mol. The van der Waals surface area contributed by atoms with E-state index in [-0.39, 0.29) is 12.5 Å². The van der Waals surface area contributed by atoms with Gasteiger partial charge < -0.3 is 10.6 Å². The molecule has 1 aromatic carbocycles. The van der Waals surface area contributed by atoms with Gasteiger partial charge in [0.1, 0.15) is 5.54 Å². The van der Waals surface area contributed by atoms with E-state index in [1.807, 2.05) is 6.92 Å². The first-order chi connectivity index (χ1) is 11.9. The summed E-state index contributed by atoms with van der Waals surface area (Å²) in [6, 6.07) is 4.71. The van der Waals surface area contributed by atoms with Crippen LogP contribution in [-0.2, 0) is 9.59 Å². The number of hydrogen-bond acceptors (Lipinski definition) is 4. The summed E-state index contributed by atoms with van der Waals surface area (Å²) in [5, 5.41) is 7.15. The zero-order valence-electron chi connectivity index (χ0n) is 14.0. The van der Waals surface area contributed by atoms with E-state index in [1.54, 1.807) is 18.2 Å². The maximum atomic E-state index is 12.6. The summed E-state index contributed by atoms with van der Waals surface area (Å²) in [5.74, 6) is -0.834. The van der Waals surface area contributed by atoms with Gasteiger partial charge in [-0.1, -0.05) is 30.9 Å². The molecule has 2 fully saturated rings. The van der Waals surface area contributed by atoms with Crippen LogP contribution in [0.1, 0.15) is 37.7 Å². The number of hydrazine groups is 1. The molecule has 1 aromatic rings. The van der Waals surface area contributed by atoms with Gasteiger partial charge >= 0.3 is 6.03 Å². The van der Waals surface area contributed by atoms with Crippen molar-refractivity contribution in [1.82, 2.24) is 15.8 Å². The molecule has 3 N–H and O–H groups in total. The number of amides is 4. The lowest BCUT2D eigenvalue weighted by Gasteiger charge is -2.30. The van der Waals surface area contributed by atoms with Gasteiger partial charge in [0.25, 0.3) is 11.8 Å². The average molecular weight is 365 g/mol. The Balaban J connectivity index is 1.59. The lowest BCUT2D eigenvalue weighted by Crippen LogP contribution is -2.51. The third-order valence-corrected chi connectivity index (χ3v) is 4.97. The lowest BCUT2D eigenvalue weighted by atomic mass is 9.82. The van der Waals surface area contributed by atoms with Crippen LogP contribution in [0, 0.1) is 6.92 Å². The van der Waals surface area contributed by atoms with Crippen molar-refractivity contribution in [2.24, 2.45) is 0 Å². The molecule has 134 valence electrons. The number of carbonyl (C=O) groups excluding carboxylic acids is 3. The molecular weight excluding hydrogens is 344 g/mol. The summed E-state index contributed by atoms with van der Waals surface area (Å²) in [7, 11) is 0. The number of halogens is 1. The van der Waals surface area contributed by atoms with E-state index in [0.29, 0.717) is 17.9 Å². The second-order valence-electron chi connectivity index (χ2n) is 6.56. The molecule has 0 bridgehead atoms. The third kappa shape index (κ3) is 3.56. The van der Waals surface area contributed by atoms with Crippen molar-refractivity contribution in [3.63, 3.8) is 0 Å². The maximum Gasteiger partial charge on any atom is 0.344 e. The van der Waals surface area contributed by atoms with Gasteiger partial charge in [-0.2, -0.15) is 5.01 Å². The highest BCUT2D eigenvalue weighted by Gasteiger charge is 2.52. The number of imide groups is 1. The van der Waals surface area contributed by atoms with Crippen molar-refractivity contribution in [3.05, 3.63) is 28.8 Å². The van der Waals surface area contributed by atoms with Crippen LogP contribution in [0.2, 0.25) is 5.02 Å². The first-order valence-corrected chi connectivity index (χ1v) is 8.75. The normalized spacial score (nSPS) is 19.0. The van der Waals surface area contributed by atoms with Crippen LogP contribution in [0.25, 0.3) is 0 Å². The molecule has 8 heteroatoms. The standard InChI is InChI=1S/C17H21ClN4O3/c1-11-9-12(18)5-6-13(11)19-10-14(23)21-22-15(24)17(20-16(22)25)7-3-2-4-8-17/h5-6,9,19H,2-4,7-8,10H2,1H3,(H,20,25)(H,21,23). The summed E-state index contributed by atoms with van der Waals surface area (Å²) >= 11 is 5.90. The van der Waals surface area contributed by atoms with Crippen molar-refractivity contribution in [1.29, 1.82) is 0 Å². The fraction of sp³-hybridized carbons (Fsp3) is 0.471. The second kappa shape index (κ2) is 6.92. The Labute approximate surface area is 151 Å². The molecule has 0 aromatic heterocycles. The van der Waals surface area contributed by atoms with Crippen molar-refractivity contribution in [3.8, 4) is 0 Å². The van der Waals surface area contributed by atoms with Crippen LogP contribution < -0.4 is 16.1 Å². The first-order valence-electron chi connectivity index (χ1n) is 8.37. The quantitative estimate of drug-likeness (QED) is 0.715. The summed E-state index contributed by atoms with van der Waals surface area (Å²) in [4.78, 5) is 36.8. The van der Waals surface area contributed by atoms with E-state index in [4.69, 9.17) is 11.6 Å². The minimum atomic E-state index is -0.844. The van der Waals surface area contributed by atoms with Crippen molar-refractivity contribution < 1.29 is 14.4 Å². The molecule has 1 saturated heterocycles. The Morgan fingerprint density at radius 1 is 1.28 bits per heavy atom. The molecule has 0 atom stereocenters. The smallest absolute Gasteiger partial charge is 0.344 e. The molecule has 4 amide bonds. The number of nitrogens with one attached hydrogen (secondary N) is 3. The van der Waals surface area contributed by atoms with Gasteiger partial charge in [0.2, 0.25) is 0 Å². The molecule has 1 aliphatic carbocycles. The Morgan fingerprint density at radius 3 is 2.68 bits per heavy atom. The van der Waals surface area contributed by atoms with Gasteiger partial charge in [-0.25, -0.2) is 4.79 Å². The monoisotopic (exact) mass is 364 g/mol. The molecule has 7 nitrogen and oxygen atoms in total. The average Bonchev–Trinajstić information content (AvgIpc) is 2.79. The molecule has 1 heterocycles. The number of urea groups is 1. The van der Waals surface area contributed by atoms with Gasteiger partial charge in [0.15, 0.2) is 0 Å². The van der Waals surface area contributed by atoms with Crippen LogP contribution in [-0.4, -0.2) is 34.9 Å². The van der Waals surface area contributed by atoms with Gasteiger partial charge in [-0.05, 0) is 43.5 Å². The van der Waals surface area contributed by atoms with Crippen molar-refractivity contribution in [2.45, 2.75) is 44.6 Å². The van der Waals surface area contributed by atoms with Crippen LogP contribution in [0.5, 0.6) is 0 Å². The zero-order chi connectivity index (χ0) is 18.0. The number of aryl methyl sites for hydroxylation is 1. The van der Waals surface area contributed by atoms with E-state index < -0.39 is 17.5 Å². The Kier molecular flexibility index (Phi) is 4.85. The van der Waals surface area contributed by atoms with Crippen LogP contribution in [0.15, 0.2) is 18.2 Å². The highest BCUT2D eigenvalue weighted by molar-refractivity contribution is 6.30. The SMILES string of the molecule is Cc1cc(Cl)ccc1NCC(=O)NN1C(=O)NC2(CCCCC2)C1=O. The van der Waals surface area contributed by atoms with Gasteiger partial charge in [-0.3, -0.25) is 15.0 Å². The third-order valence-electron chi connectivity index (χ3n) is 4.73. The number of nitrogens with zero attached hydrogens (tertiary/aromatic N) is 1. The second-order valence-corrected chi connectivity index (χ2v) is 7.00. The number of hydrogen-bond donors (Lipinski definition) is 3. The Morgan fingerprint density at radius 2 is 2.00 bits per heavy atom. The summed E-state index contributed by atoms with van der Waals surface area (Å²) in [6.45, 7) is 1.81. The lowest BCUT2D eigenvalue weighted by molar-refractivity contribution is -0.139. The largest absolute Gasteiger partial charge is 0.376 e. The Bertz CT molecular complexity index is 716. The van der Waals surface area contributed by atoms with Crippen LogP contribution in [0.4, 0.5) is 10.5 Å². The number of benzene rings is 1. The van der Waals surface area contributed by atoms with Gasteiger partial charge in [0, 0.05) is 10.7 Å². The fourth-order valence-electron chi connectivity index (χ4n) is 3.38. The van der Waals surface area contributed by atoms with Crippen LogP contribution >= 0.6 is 11.6 Å². The summed E-state index contributed by atoms with van der Waals surface area (Å²) < 4.78 is 0. The van der Waals surface area contributed by atoms with Crippen molar-refractivity contribution in [2.75, 3.05) is 11.9 Å².